The topological polar surface area (TPSA) is 38.3 Å². The third kappa shape index (κ3) is 3.96. The van der Waals surface area contributed by atoms with Crippen molar-refractivity contribution in [1.82, 2.24) is 5.32 Å². The first-order valence-corrected chi connectivity index (χ1v) is 5.84. The van der Waals surface area contributed by atoms with Crippen LogP contribution in [0.2, 0.25) is 0 Å². The maximum atomic E-state index is 11.5. The Morgan fingerprint density at radius 1 is 1.50 bits per heavy atom. The molecule has 1 saturated heterocycles. The maximum Gasteiger partial charge on any atom is 0.236 e. The number of rotatable bonds is 3. The number of ether oxygens (including phenoxy) is 1. The number of hydrogen-bond donors (Lipinski definition) is 1. The molecule has 0 unspecified atom stereocenters. The summed E-state index contributed by atoms with van der Waals surface area (Å²) < 4.78 is 4.79. The Bertz CT molecular complexity index is 195. The van der Waals surface area contributed by atoms with Crippen molar-refractivity contribution in [2.75, 3.05) is 19.8 Å². The molecule has 1 heterocycles. The Balaban J connectivity index is 2.22. The first kappa shape index (κ1) is 12.0. The third-order valence-corrected chi connectivity index (χ3v) is 2.79. The highest BCUT2D eigenvalue weighted by Crippen LogP contribution is 2.17. The van der Waals surface area contributed by atoms with Crippen molar-refractivity contribution >= 4 is 21.8 Å². The summed E-state index contributed by atoms with van der Waals surface area (Å²) in [4.78, 5) is 11.5. The molecular weight excluding hydrogens is 246 g/mol. The summed E-state index contributed by atoms with van der Waals surface area (Å²) in [7, 11) is 0. The quantitative estimate of drug-likeness (QED) is 0.788. The number of halogens is 1. The Kier molecular flexibility index (Phi) is 4.38. The third-order valence-electron chi connectivity index (χ3n) is 2.43. The van der Waals surface area contributed by atoms with E-state index in [0.717, 1.165) is 32.6 Å². The second-order valence-electron chi connectivity index (χ2n) is 4.24. The monoisotopic (exact) mass is 263 g/mol. The van der Waals surface area contributed by atoms with Crippen LogP contribution >= 0.6 is 15.9 Å². The van der Waals surface area contributed by atoms with E-state index in [0.29, 0.717) is 5.92 Å². The molecule has 0 atom stereocenters. The predicted molar refractivity (Wildman–Crippen MR) is 59.6 cm³/mol. The molecule has 1 aliphatic rings. The van der Waals surface area contributed by atoms with Crippen LogP contribution in [0.4, 0.5) is 0 Å². The molecule has 0 aliphatic carbocycles. The molecular formula is C10H18BrNO2. The summed E-state index contributed by atoms with van der Waals surface area (Å²) in [6.07, 6.45) is 2.12. The molecule has 1 fully saturated rings. The van der Waals surface area contributed by atoms with Gasteiger partial charge in [0.2, 0.25) is 5.91 Å². The van der Waals surface area contributed by atoms with Crippen molar-refractivity contribution in [3.63, 3.8) is 0 Å². The van der Waals surface area contributed by atoms with Crippen molar-refractivity contribution in [3.8, 4) is 0 Å². The van der Waals surface area contributed by atoms with Crippen LogP contribution in [-0.4, -0.2) is 30.0 Å². The molecule has 0 aromatic carbocycles. The Morgan fingerprint density at radius 3 is 2.57 bits per heavy atom. The van der Waals surface area contributed by atoms with Crippen molar-refractivity contribution < 1.29 is 9.53 Å². The van der Waals surface area contributed by atoms with Crippen LogP contribution < -0.4 is 5.32 Å². The van der Waals surface area contributed by atoms with Gasteiger partial charge in [-0.3, -0.25) is 4.79 Å². The van der Waals surface area contributed by atoms with E-state index in [2.05, 4.69) is 21.2 Å². The maximum absolute atomic E-state index is 11.5. The van der Waals surface area contributed by atoms with E-state index >= 15 is 0 Å². The molecule has 14 heavy (non-hydrogen) atoms. The Hall–Kier alpha value is -0.0900. The van der Waals surface area contributed by atoms with Crippen molar-refractivity contribution in [3.05, 3.63) is 0 Å². The van der Waals surface area contributed by atoms with E-state index in [1.807, 2.05) is 13.8 Å². The van der Waals surface area contributed by atoms with Gasteiger partial charge in [0.1, 0.15) is 0 Å². The number of alkyl halides is 1. The molecule has 82 valence electrons. The SMILES string of the molecule is CC(C)(Br)C(=O)NCC1CCOCC1. The highest BCUT2D eigenvalue weighted by atomic mass is 79.9. The average Bonchev–Trinajstić information content (AvgIpc) is 2.14. The second-order valence-corrected chi connectivity index (χ2v) is 6.22. The molecule has 0 aromatic heterocycles. The van der Waals surface area contributed by atoms with Crippen molar-refractivity contribution in [2.45, 2.75) is 31.0 Å². The second kappa shape index (κ2) is 5.12. The van der Waals surface area contributed by atoms with Gasteiger partial charge in [-0.2, -0.15) is 0 Å². The zero-order chi connectivity index (χ0) is 10.6. The molecule has 0 radical (unpaired) electrons. The zero-order valence-corrected chi connectivity index (χ0v) is 10.4. The standard InChI is InChI=1S/C10H18BrNO2/c1-10(2,11)9(13)12-7-8-3-5-14-6-4-8/h8H,3-7H2,1-2H3,(H,12,13). The summed E-state index contributed by atoms with van der Waals surface area (Å²) in [5.41, 5.74) is 0. The average molecular weight is 264 g/mol. The van der Waals surface area contributed by atoms with Gasteiger partial charge in [-0.25, -0.2) is 0 Å². The normalized spacial score (nSPS) is 19.4. The molecule has 0 aromatic rings. The number of nitrogens with one attached hydrogen (secondary N) is 1. The molecule has 0 saturated carbocycles. The molecule has 1 amide bonds. The molecule has 0 spiro atoms. The molecule has 0 bridgehead atoms. The molecule has 1 N–H and O–H groups in total. The van der Waals surface area contributed by atoms with E-state index in [9.17, 15) is 4.79 Å². The number of hydrogen-bond acceptors (Lipinski definition) is 2. The van der Waals surface area contributed by atoms with Crippen molar-refractivity contribution in [1.29, 1.82) is 0 Å². The van der Waals surface area contributed by atoms with Crippen LogP contribution in [0.25, 0.3) is 0 Å². The minimum atomic E-state index is -0.460. The molecule has 1 rings (SSSR count). The van der Waals surface area contributed by atoms with Gasteiger partial charge in [-0.05, 0) is 32.6 Å². The van der Waals surface area contributed by atoms with E-state index in [4.69, 9.17) is 4.74 Å². The van der Waals surface area contributed by atoms with E-state index in [1.165, 1.54) is 0 Å². The lowest BCUT2D eigenvalue weighted by molar-refractivity contribution is -0.122. The lowest BCUT2D eigenvalue weighted by Crippen LogP contribution is -2.40. The Morgan fingerprint density at radius 2 is 2.07 bits per heavy atom. The first-order chi connectivity index (χ1) is 6.50. The fraction of sp³-hybridized carbons (Fsp3) is 0.900. The summed E-state index contributed by atoms with van der Waals surface area (Å²) in [5, 5.41) is 2.95. The number of amides is 1. The minimum absolute atomic E-state index is 0.0593. The van der Waals surface area contributed by atoms with Gasteiger partial charge in [0, 0.05) is 19.8 Å². The van der Waals surface area contributed by atoms with Gasteiger partial charge in [0.25, 0.3) is 0 Å². The van der Waals surface area contributed by atoms with Gasteiger partial charge >= 0.3 is 0 Å². The van der Waals surface area contributed by atoms with Crippen LogP contribution in [-0.2, 0) is 9.53 Å². The predicted octanol–water partition coefficient (Wildman–Crippen LogP) is 1.70. The van der Waals surface area contributed by atoms with Crippen LogP contribution in [0.15, 0.2) is 0 Å². The molecule has 3 nitrogen and oxygen atoms in total. The van der Waals surface area contributed by atoms with E-state index in [-0.39, 0.29) is 5.91 Å². The summed E-state index contributed by atoms with van der Waals surface area (Å²) in [6, 6.07) is 0. The van der Waals surface area contributed by atoms with Crippen LogP contribution in [0.1, 0.15) is 26.7 Å². The molecule has 1 aliphatic heterocycles. The lowest BCUT2D eigenvalue weighted by Gasteiger charge is -2.24. The highest BCUT2D eigenvalue weighted by molar-refractivity contribution is 9.10. The minimum Gasteiger partial charge on any atom is -0.381 e. The Labute approximate surface area is 93.7 Å². The van der Waals surface area contributed by atoms with Crippen LogP contribution in [0.5, 0.6) is 0 Å². The van der Waals surface area contributed by atoms with Gasteiger partial charge < -0.3 is 10.1 Å². The fourth-order valence-electron chi connectivity index (χ4n) is 1.40. The van der Waals surface area contributed by atoms with E-state index < -0.39 is 4.32 Å². The zero-order valence-electron chi connectivity index (χ0n) is 8.81. The summed E-state index contributed by atoms with van der Waals surface area (Å²) >= 11 is 3.33. The number of carbonyl (C=O) groups is 1. The van der Waals surface area contributed by atoms with Crippen molar-refractivity contribution in [2.24, 2.45) is 5.92 Å². The summed E-state index contributed by atoms with van der Waals surface area (Å²) in [6.45, 7) is 6.15. The van der Waals surface area contributed by atoms with E-state index in [1.54, 1.807) is 0 Å². The lowest BCUT2D eigenvalue weighted by atomic mass is 10.0. The highest BCUT2D eigenvalue weighted by Gasteiger charge is 2.24. The van der Waals surface area contributed by atoms with Gasteiger partial charge in [0.05, 0.1) is 4.32 Å². The number of carbonyl (C=O) groups excluding carboxylic acids is 1. The van der Waals surface area contributed by atoms with Gasteiger partial charge in [-0.1, -0.05) is 15.9 Å². The smallest absolute Gasteiger partial charge is 0.236 e. The van der Waals surface area contributed by atoms with Gasteiger partial charge in [0.15, 0.2) is 0 Å². The van der Waals surface area contributed by atoms with Crippen LogP contribution in [0, 0.1) is 5.92 Å². The van der Waals surface area contributed by atoms with Crippen LogP contribution in [0.3, 0.4) is 0 Å². The molecule has 4 heteroatoms. The first-order valence-electron chi connectivity index (χ1n) is 5.05. The summed E-state index contributed by atoms with van der Waals surface area (Å²) in [5.74, 6) is 0.645. The van der Waals surface area contributed by atoms with Gasteiger partial charge in [-0.15, -0.1) is 0 Å². The fourth-order valence-corrected chi connectivity index (χ4v) is 1.54. The largest absolute Gasteiger partial charge is 0.381 e.